The van der Waals surface area contributed by atoms with Gasteiger partial charge in [-0.15, -0.1) is 0 Å². The molecule has 3 aromatic rings. The SMILES string of the molecule is COc1ccc2c(c1)C(N1CCCN(C(=O)Nc3ccc(F)c(F)c3)CC1)=Nc1cc(C(F)(F)F)ccc1O2. The van der Waals surface area contributed by atoms with E-state index in [-0.39, 0.29) is 23.7 Å². The average Bonchev–Trinajstić information content (AvgIpc) is 3.24. The fourth-order valence-corrected chi connectivity index (χ4v) is 4.41. The maximum Gasteiger partial charge on any atom is 0.416 e. The van der Waals surface area contributed by atoms with Gasteiger partial charge in [-0.25, -0.2) is 18.6 Å². The van der Waals surface area contributed by atoms with Gasteiger partial charge in [0.05, 0.1) is 18.2 Å². The number of nitrogens with zero attached hydrogens (tertiary/aromatic N) is 3. The second-order valence-corrected chi connectivity index (χ2v) is 8.97. The number of benzene rings is 3. The van der Waals surface area contributed by atoms with Gasteiger partial charge in [-0.2, -0.15) is 13.2 Å². The quantitative estimate of drug-likeness (QED) is 0.377. The molecular weight excluding hydrogens is 523 g/mol. The number of alkyl halides is 3. The molecule has 1 N–H and O–H groups in total. The van der Waals surface area contributed by atoms with Crippen LogP contribution in [0, 0.1) is 11.6 Å². The van der Waals surface area contributed by atoms with Crippen LogP contribution in [0.25, 0.3) is 0 Å². The summed E-state index contributed by atoms with van der Waals surface area (Å²) in [6, 6.07) is 10.8. The second kappa shape index (κ2) is 10.4. The molecule has 1 saturated heterocycles. The Labute approximate surface area is 220 Å². The molecule has 0 saturated carbocycles. The Balaban J connectivity index is 1.44. The molecule has 2 aliphatic rings. The number of anilines is 1. The minimum absolute atomic E-state index is 0.0205. The smallest absolute Gasteiger partial charge is 0.416 e. The Morgan fingerprint density at radius 2 is 1.74 bits per heavy atom. The standard InChI is InChI=1S/C27H23F5N4O3/c1-38-18-5-8-23-19(15-18)25(34-22-13-16(27(30,31)32)3-7-24(22)39-23)35-9-2-10-36(12-11-35)26(37)33-17-4-6-20(28)21(29)14-17/h3-8,13-15H,2,9-12H2,1H3,(H,33,37). The molecule has 12 heteroatoms. The van der Waals surface area contributed by atoms with Gasteiger partial charge in [-0.3, -0.25) is 0 Å². The van der Waals surface area contributed by atoms with E-state index in [1.807, 2.05) is 4.90 Å². The average molecular weight is 546 g/mol. The third-order valence-corrected chi connectivity index (χ3v) is 6.41. The molecule has 39 heavy (non-hydrogen) atoms. The molecule has 0 radical (unpaired) electrons. The van der Waals surface area contributed by atoms with Crippen LogP contribution in [0.4, 0.5) is 38.1 Å². The van der Waals surface area contributed by atoms with Crippen LogP contribution in [0.1, 0.15) is 17.5 Å². The minimum Gasteiger partial charge on any atom is -0.497 e. The van der Waals surface area contributed by atoms with Crippen LogP contribution < -0.4 is 14.8 Å². The van der Waals surface area contributed by atoms with Crippen molar-refractivity contribution in [3.05, 3.63) is 77.4 Å². The molecule has 0 atom stereocenters. The Bertz CT molecular complexity index is 1440. The van der Waals surface area contributed by atoms with Gasteiger partial charge in [0.25, 0.3) is 0 Å². The van der Waals surface area contributed by atoms with Gasteiger partial charge in [-0.05, 0) is 55.0 Å². The highest BCUT2D eigenvalue weighted by molar-refractivity contribution is 6.04. The van der Waals surface area contributed by atoms with Crippen LogP contribution in [0.15, 0.2) is 59.6 Å². The molecular formula is C27H23F5N4O3. The van der Waals surface area contributed by atoms with Crippen molar-refractivity contribution in [3.8, 4) is 17.2 Å². The van der Waals surface area contributed by atoms with E-state index in [0.29, 0.717) is 49.0 Å². The van der Waals surface area contributed by atoms with Crippen LogP contribution >= 0.6 is 0 Å². The van der Waals surface area contributed by atoms with Crippen molar-refractivity contribution in [3.63, 3.8) is 0 Å². The number of amidine groups is 1. The lowest BCUT2D eigenvalue weighted by Gasteiger charge is -2.25. The molecule has 3 aromatic carbocycles. The van der Waals surface area contributed by atoms with E-state index < -0.39 is 29.4 Å². The number of carbonyl (C=O) groups is 1. The van der Waals surface area contributed by atoms with Gasteiger partial charge >= 0.3 is 12.2 Å². The first-order valence-electron chi connectivity index (χ1n) is 12.0. The van der Waals surface area contributed by atoms with Gasteiger partial charge < -0.3 is 24.6 Å². The van der Waals surface area contributed by atoms with E-state index in [2.05, 4.69) is 10.3 Å². The lowest BCUT2D eigenvalue weighted by molar-refractivity contribution is -0.137. The molecule has 0 spiro atoms. The van der Waals surface area contributed by atoms with Crippen LogP contribution in [0.5, 0.6) is 17.2 Å². The number of carbonyl (C=O) groups excluding carboxylic acids is 1. The summed E-state index contributed by atoms with van der Waals surface area (Å²) < 4.78 is 78.4. The number of hydrogen-bond acceptors (Lipinski definition) is 5. The summed E-state index contributed by atoms with van der Waals surface area (Å²) >= 11 is 0. The van der Waals surface area contributed by atoms with Gasteiger partial charge in [0, 0.05) is 37.9 Å². The third kappa shape index (κ3) is 5.59. The zero-order chi connectivity index (χ0) is 27.7. The summed E-state index contributed by atoms with van der Waals surface area (Å²) in [7, 11) is 1.50. The monoisotopic (exact) mass is 546 g/mol. The second-order valence-electron chi connectivity index (χ2n) is 8.97. The number of halogens is 5. The molecule has 5 rings (SSSR count). The summed E-state index contributed by atoms with van der Waals surface area (Å²) in [5.41, 5.74) is -0.193. The predicted molar refractivity (Wildman–Crippen MR) is 134 cm³/mol. The molecule has 1 fully saturated rings. The Kier molecular flexibility index (Phi) is 7.02. The number of urea groups is 1. The highest BCUT2D eigenvalue weighted by Crippen LogP contribution is 2.42. The molecule has 0 unspecified atom stereocenters. The van der Waals surface area contributed by atoms with Crippen molar-refractivity contribution < 1.29 is 36.2 Å². The number of nitrogens with one attached hydrogen (secondary N) is 1. The molecule has 0 aliphatic carbocycles. The zero-order valence-corrected chi connectivity index (χ0v) is 20.7. The number of methoxy groups -OCH3 is 1. The van der Waals surface area contributed by atoms with Crippen molar-refractivity contribution in [1.29, 1.82) is 0 Å². The molecule has 0 bridgehead atoms. The first-order valence-corrected chi connectivity index (χ1v) is 12.0. The number of amides is 2. The largest absolute Gasteiger partial charge is 0.497 e. The topological polar surface area (TPSA) is 66.4 Å². The number of fused-ring (bicyclic) bond motifs is 2. The number of rotatable bonds is 2. The van der Waals surface area contributed by atoms with Crippen LogP contribution in [-0.2, 0) is 6.18 Å². The van der Waals surface area contributed by atoms with Crippen molar-refractivity contribution in [2.75, 3.05) is 38.6 Å². The zero-order valence-electron chi connectivity index (χ0n) is 20.7. The van der Waals surface area contributed by atoms with E-state index in [1.54, 1.807) is 18.2 Å². The molecule has 2 heterocycles. The molecule has 7 nitrogen and oxygen atoms in total. The molecule has 2 aliphatic heterocycles. The van der Waals surface area contributed by atoms with Gasteiger partial charge in [0.15, 0.2) is 17.4 Å². The fourth-order valence-electron chi connectivity index (χ4n) is 4.41. The van der Waals surface area contributed by atoms with Crippen LogP contribution in [0.3, 0.4) is 0 Å². The van der Waals surface area contributed by atoms with Crippen LogP contribution in [0.2, 0.25) is 0 Å². The van der Waals surface area contributed by atoms with E-state index >= 15 is 0 Å². The Hall–Kier alpha value is -4.35. The predicted octanol–water partition coefficient (Wildman–Crippen LogP) is 6.42. The number of aliphatic imine (C=N–C) groups is 1. The number of ether oxygens (including phenoxy) is 2. The normalized spacial score (nSPS) is 15.3. The summed E-state index contributed by atoms with van der Waals surface area (Å²) in [5, 5.41) is 2.56. The molecule has 2 amide bonds. The summed E-state index contributed by atoms with van der Waals surface area (Å²) in [6.07, 6.45) is -4.04. The summed E-state index contributed by atoms with van der Waals surface area (Å²) in [6.45, 7) is 1.34. The number of hydrogen-bond donors (Lipinski definition) is 1. The van der Waals surface area contributed by atoms with Crippen molar-refractivity contribution >= 4 is 23.2 Å². The first kappa shape index (κ1) is 26.3. The first-order chi connectivity index (χ1) is 18.6. The maximum atomic E-state index is 13.6. The highest BCUT2D eigenvalue weighted by atomic mass is 19.4. The van der Waals surface area contributed by atoms with E-state index in [1.165, 1.54) is 24.1 Å². The van der Waals surface area contributed by atoms with E-state index in [0.717, 1.165) is 24.3 Å². The molecule has 0 aromatic heterocycles. The highest BCUT2D eigenvalue weighted by Gasteiger charge is 2.33. The van der Waals surface area contributed by atoms with Crippen molar-refractivity contribution in [2.24, 2.45) is 4.99 Å². The summed E-state index contributed by atoms with van der Waals surface area (Å²) in [4.78, 5) is 20.9. The molecule has 204 valence electrons. The van der Waals surface area contributed by atoms with E-state index in [9.17, 15) is 26.7 Å². The van der Waals surface area contributed by atoms with Gasteiger partial charge in [-0.1, -0.05) is 0 Å². The third-order valence-electron chi connectivity index (χ3n) is 6.41. The van der Waals surface area contributed by atoms with Gasteiger partial charge in [0.2, 0.25) is 0 Å². The van der Waals surface area contributed by atoms with Gasteiger partial charge in [0.1, 0.15) is 23.0 Å². The van der Waals surface area contributed by atoms with Crippen molar-refractivity contribution in [2.45, 2.75) is 12.6 Å². The lowest BCUT2D eigenvalue weighted by atomic mass is 10.1. The summed E-state index contributed by atoms with van der Waals surface area (Å²) in [5.74, 6) is -0.643. The van der Waals surface area contributed by atoms with Crippen molar-refractivity contribution in [1.82, 2.24) is 9.80 Å². The fraction of sp³-hybridized carbons (Fsp3) is 0.259. The lowest BCUT2D eigenvalue weighted by Crippen LogP contribution is -2.39. The Morgan fingerprint density at radius 3 is 2.49 bits per heavy atom. The minimum atomic E-state index is -4.56. The van der Waals surface area contributed by atoms with Crippen LogP contribution in [-0.4, -0.2) is 55.0 Å². The Morgan fingerprint density at radius 1 is 0.949 bits per heavy atom. The maximum absolute atomic E-state index is 13.6. The van der Waals surface area contributed by atoms with E-state index in [4.69, 9.17) is 9.47 Å².